The highest BCUT2D eigenvalue weighted by Gasteiger charge is 2.07. The first-order valence-corrected chi connectivity index (χ1v) is 4.17. The SMILES string of the molecule is COC(=O)N(C)Cc1ccc(F)cc1. The Balaban J connectivity index is 2.60. The summed E-state index contributed by atoms with van der Waals surface area (Å²) in [5, 5.41) is 0. The average molecular weight is 197 g/mol. The van der Waals surface area contributed by atoms with Crippen molar-refractivity contribution in [3.8, 4) is 0 Å². The molecule has 0 unspecified atom stereocenters. The van der Waals surface area contributed by atoms with Crippen molar-refractivity contribution in [1.29, 1.82) is 0 Å². The van der Waals surface area contributed by atoms with Gasteiger partial charge in [0.15, 0.2) is 0 Å². The number of hydrogen-bond donors (Lipinski definition) is 0. The lowest BCUT2D eigenvalue weighted by atomic mass is 10.2. The molecular weight excluding hydrogens is 185 g/mol. The van der Waals surface area contributed by atoms with E-state index in [1.54, 1.807) is 19.2 Å². The fourth-order valence-electron chi connectivity index (χ4n) is 1.08. The number of amides is 1. The number of carbonyl (C=O) groups is 1. The van der Waals surface area contributed by atoms with Gasteiger partial charge in [0.25, 0.3) is 0 Å². The molecule has 0 saturated carbocycles. The molecule has 0 N–H and O–H groups in total. The van der Waals surface area contributed by atoms with Gasteiger partial charge < -0.3 is 9.64 Å². The van der Waals surface area contributed by atoms with Crippen LogP contribution >= 0.6 is 0 Å². The second kappa shape index (κ2) is 4.60. The highest BCUT2D eigenvalue weighted by molar-refractivity contribution is 5.66. The minimum absolute atomic E-state index is 0.283. The lowest BCUT2D eigenvalue weighted by Crippen LogP contribution is -2.25. The Labute approximate surface area is 82.1 Å². The van der Waals surface area contributed by atoms with E-state index in [0.717, 1.165) is 5.56 Å². The van der Waals surface area contributed by atoms with E-state index < -0.39 is 6.09 Å². The van der Waals surface area contributed by atoms with Crippen molar-refractivity contribution in [2.75, 3.05) is 14.2 Å². The van der Waals surface area contributed by atoms with Gasteiger partial charge in [-0.1, -0.05) is 12.1 Å². The molecule has 76 valence electrons. The number of nitrogens with zero attached hydrogens (tertiary/aromatic N) is 1. The molecule has 4 heteroatoms. The maximum absolute atomic E-state index is 12.5. The minimum Gasteiger partial charge on any atom is -0.453 e. The summed E-state index contributed by atoms with van der Waals surface area (Å²) in [5.41, 5.74) is 0.860. The van der Waals surface area contributed by atoms with E-state index in [1.807, 2.05) is 0 Å². The van der Waals surface area contributed by atoms with Crippen LogP contribution in [-0.4, -0.2) is 25.2 Å². The number of halogens is 1. The number of benzene rings is 1. The predicted octanol–water partition coefficient (Wildman–Crippen LogP) is 2.02. The van der Waals surface area contributed by atoms with Crippen LogP contribution in [-0.2, 0) is 11.3 Å². The van der Waals surface area contributed by atoms with Gasteiger partial charge in [0.05, 0.1) is 7.11 Å². The van der Waals surface area contributed by atoms with Gasteiger partial charge in [0.1, 0.15) is 5.82 Å². The lowest BCUT2D eigenvalue weighted by molar-refractivity contribution is 0.131. The summed E-state index contributed by atoms with van der Waals surface area (Å²) in [5.74, 6) is -0.283. The molecule has 0 heterocycles. The molecule has 1 rings (SSSR count). The average Bonchev–Trinajstić information content (AvgIpc) is 2.20. The number of hydrogen-bond acceptors (Lipinski definition) is 2. The Kier molecular flexibility index (Phi) is 3.45. The lowest BCUT2D eigenvalue weighted by Gasteiger charge is -2.15. The summed E-state index contributed by atoms with van der Waals surface area (Å²) in [6, 6.07) is 5.99. The van der Waals surface area contributed by atoms with Gasteiger partial charge in [-0.05, 0) is 17.7 Å². The normalized spacial score (nSPS) is 9.64. The predicted molar refractivity (Wildman–Crippen MR) is 50.3 cm³/mol. The van der Waals surface area contributed by atoms with Gasteiger partial charge in [-0.25, -0.2) is 9.18 Å². The maximum atomic E-state index is 12.5. The molecule has 0 aliphatic carbocycles. The Morgan fingerprint density at radius 3 is 2.50 bits per heavy atom. The summed E-state index contributed by atoms with van der Waals surface area (Å²) in [7, 11) is 2.94. The second-order valence-electron chi connectivity index (χ2n) is 2.95. The van der Waals surface area contributed by atoms with Crippen LogP contribution in [0.3, 0.4) is 0 Å². The number of carbonyl (C=O) groups excluding carboxylic acids is 1. The van der Waals surface area contributed by atoms with E-state index in [2.05, 4.69) is 4.74 Å². The Morgan fingerprint density at radius 1 is 1.43 bits per heavy atom. The van der Waals surface area contributed by atoms with Crippen LogP contribution in [0.15, 0.2) is 24.3 Å². The van der Waals surface area contributed by atoms with E-state index in [1.165, 1.54) is 24.1 Å². The van der Waals surface area contributed by atoms with Gasteiger partial charge in [0, 0.05) is 13.6 Å². The maximum Gasteiger partial charge on any atom is 0.409 e. The van der Waals surface area contributed by atoms with E-state index in [4.69, 9.17) is 0 Å². The largest absolute Gasteiger partial charge is 0.453 e. The zero-order valence-electron chi connectivity index (χ0n) is 8.16. The van der Waals surface area contributed by atoms with Crippen molar-refractivity contribution in [1.82, 2.24) is 4.90 Å². The minimum atomic E-state index is -0.408. The quantitative estimate of drug-likeness (QED) is 0.726. The fraction of sp³-hybridized carbons (Fsp3) is 0.300. The molecule has 0 aliphatic heterocycles. The van der Waals surface area contributed by atoms with Gasteiger partial charge >= 0.3 is 6.09 Å². The third-order valence-electron chi connectivity index (χ3n) is 1.82. The summed E-state index contributed by atoms with van der Waals surface area (Å²) in [6.07, 6.45) is -0.408. The first-order valence-electron chi connectivity index (χ1n) is 4.17. The smallest absolute Gasteiger partial charge is 0.409 e. The molecule has 1 aromatic rings. The van der Waals surface area contributed by atoms with Crippen LogP contribution in [0.4, 0.5) is 9.18 Å². The van der Waals surface area contributed by atoms with Crippen LogP contribution in [0.1, 0.15) is 5.56 Å². The third-order valence-corrected chi connectivity index (χ3v) is 1.82. The summed E-state index contributed by atoms with van der Waals surface area (Å²) in [6.45, 7) is 0.410. The highest BCUT2D eigenvalue weighted by atomic mass is 19.1. The van der Waals surface area contributed by atoms with Crippen LogP contribution in [0.5, 0.6) is 0 Å². The monoisotopic (exact) mass is 197 g/mol. The van der Waals surface area contributed by atoms with E-state index >= 15 is 0 Å². The number of rotatable bonds is 2. The zero-order valence-corrected chi connectivity index (χ0v) is 8.16. The molecule has 0 aliphatic rings. The first kappa shape index (κ1) is 10.5. The van der Waals surface area contributed by atoms with Crippen LogP contribution in [0.2, 0.25) is 0 Å². The van der Waals surface area contributed by atoms with Crippen molar-refractivity contribution < 1.29 is 13.9 Å². The molecule has 1 amide bonds. The van der Waals surface area contributed by atoms with Crippen molar-refractivity contribution in [2.45, 2.75) is 6.54 Å². The molecule has 0 saturated heterocycles. The topological polar surface area (TPSA) is 29.5 Å². The zero-order chi connectivity index (χ0) is 10.6. The molecule has 0 bridgehead atoms. The summed E-state index contributed by atoms with van der Waals surface area (Å²) in [4.78, 5) is 12.4. The first-order chi connectivity index (χ1) is 6.63. The van der Waals surface area contributed by atoms with Crippen LogP contribution < -0.4 is 0 Å². The molecule has 14 heavy (non-hydrogen) atoms. The van der Waals surface area contributed by atoms with Crippen LogP contribution in [0, 0.1) is 5.82 Å². The molecule has 1 aromatic carbocycles. The standard InChI is InChI=1S/C10H12FNO2/c1-12(10(13)14-2)7-8-3-5-9(11)6-4-8/h3-6H,7H2,1-2H3. The number of ether oxygens (including phenoxy) is 1. The molecule has 0 aromatic heterocycles. The van der Waals surface area contributed by atoms with Crippen LogP contribution in [0.25, 0.3) is 0 Å². The molecule has 0 atom stereocenters. The third kappa shape index (κ3) is 2.73. The fourth-order valence-corrected chi connectivity index (χ4v) is 1.08. The van der Waals surface area contributed by atoms with Gasteiger partial charge in [-0.15, -0.1) is 0 Å². The molecule has 0 spiro atoms. The number of methoxy groups -OCH3 is 1. The Hall–Kier alpha value is -1.58. The highest BCUT2D eigenvalue weighted by Crippen LogP contribution is 2.05. The van der Waals surface area contributed by atoms with Crippen molar-refractivity contribution >= 4 is 6.09 Å². The van der Waals surface area contributed by atoms with Crippen molar-refractivity contribution in [3.63, 3.8) is 0 Å². The summed E-state index contributed by atoms with van der Waals surface area (Å²) < 4.78 is 17.1. The van der Waals surface area contributed by atoms with Crippen molar-refractivity contribution in [2.24, 2.45) is 0 Å². The van der Waals surface area contributed by atoms with Gasteiger partial charge in [-0.2, -0.15) is 0 Å². The second-order valence-corrected chi connectivity index (χ2v) is 2.95. The van der Waals surface area contributed by atoms with E-state index in [0.29, 0.717) is 6.54 Å². The van der Waals surface area contributed by atoms with Gasteiger partial charge in [-0.3, -0.25) is 0 Å². The van der Waals surface area contributed by atoms with Crippen molar-refractivity contribution in [3.05, 3.63) is 35.6 Å². The van der Waals surface area contributed by atoms with Gasteiger partial charge in [0.2, 0.25) is 0 Å². The Morgan fingerprint density at radius 2 is 2.00 bits per heavy atom. The molecule has 3 nitrogen and oxygen atoms in total. The molecule has 0 radical (unpaired) electrons. The molecular formula is C10H12FNO2. The van der Waals surface area contributed by atoms with E-state index in [9.17, 15) is 9.18 Å². The Bertz CT molecular complexity index is 310. The van der Waals surface area contributed by atoms with E-state index in [-0.39, 0.29) is 5.82 Å². The molecule has 0 fully saturated rings. The summed E-state index contributed by atoms with van der Waals surface area (Å²) >= 11 is 0.